The number of ether oxygens (including phenoxy) is 10. The van der Waals surface area contributed by atoms with Gasteiger partial charge in [-0.25, -0.2) is 0 Å². The van der Waals surface area contributed by atoms with Gasteiger partial charge in [0.25, 0.3) is 0 Å². The molecule has 4 saturated heterocycles. The number of aliphatic hydroxyl groups is 5. The molecule has 28 heteroatoms. The fraction of sp³-hybridized carbons (Fsp3) is 0.603. The number of Topliss-reactive ketones (excluding diaryl/α,β-unsaturated/α-hetero) is 1. The number of hydrogen-bond acceptors (Lipinski definition) is 27. The van der Waals surface area contributed by atoms with Gasteiger partial charge in [0.1, 0.15) is 64.4 Å². The van der Waals surface area contributed by atoms with E-state index in [9.17, 15) is 70.7 Å². The maximum atomic E-state index is 17.8. The van der Waals surface area contributed by atoms with Gasteiger partial charge in [-0.1, -0.05) is 13.8 Å². The Morgan fingerprint density at radius 3 is 1.39 bits per heavy atom. The number of phenolic OH excluding ortho intramolecular Hbond substituents is 4. The molecule has 6 aliphatic carbocycles. The van der Waals surface area contributed by atoms with Crippen LogP contribution in [-0.4, -0.2) is 249 Å². The van der Waals surface area contributed by atoms with Gasteiger partial charge in [-0.05, 0) is 105 Å². The molecule has 12 rings (SSSR count). The summed E-state index contributed by atoms with van der Waals surface area (Å²) in [6.07, 6.45) is -17.6. The van der Waals surface area contributed by atoms with Crippen molar-refractivity contribution in [3.05, 3.63) is 91.2 Å². The van der Waals surface area contributed by atoms with E-state index in [1.165, 1.54) is 20.3 Å². The summed E-state index contributed by atoms with van der Waals surface area (Å²) in [7, 11) is 9.68. The van der Waals surface area contributed by atoms with Crippen molar-refractivity contribution < 1.29 is 117 Å². The van der Waals surface area contributed by atoms with Crippen molar-refractivity contribution in [1.29, 1.82) is 0 Å². The number of fused-ring (bicyclic) bond motifs is 7. The van der Waals surface area contributed by atoms with Crippen LogP contribution in [0.3, 0.4) is 0 Å². The Bertz CT molecular complexity index is 3720. The molecule has 4 aliphatic heterocycles. The van der Waals surface area contributed by atoms with Crippen LogP contribution >= 0.6 is 0 Å². The minimum atomic E-state index is -2.53. The molecule has 1 unspecified atom stereocenters. The molecule has 23 atom stereocenters. The molecule has 0 amide bonds. The van der Waals surface area contributed by atoms with Crippen molar-refractivity contribution >= 4 is 46.1 Å². The average Bonchev–Trinajstić information content (AvgIpc) is 1.39. The Balaban J connectivity index is 1.21. The third-order valence-corrected chi connectivity index (χ3v) is 21.5. The number of ketones is 5. The Morgan fingerprint density at radius 2 is 0.958 bits per heavy atom. The average molecular weight is 1340 g/mol. The molecule has 2 aromatic carbocycles. The van der Waals surface area contributed by atoms with Gasteiger partial charge in [-0.2, -0.15) is 0 Å². The van der Waals surface area contributed by atoms with Crippen LogP contribution in [0, 0.1) is 11.8 Å². The third-order valence-electron chi connectivity index (χ3n) is 21.5. The second-order valence-corrected chi connectivity index (χ2v) is 27.1. The summed E-state index contributed by atoms with van der Waals surface area (Å²) in [5.74, 6) is -13.7. The molecule has 0 bridgehead atoms. The number of nitrogens with zero attached hydrogens (tertiary/aromatic N) is 4. The molecule has 0 radical (unpaired) electrons. The van der Waals surface area contributed by atoms with Gasteiger partial charge in [-0.15, -0.1) is 0 Å². The number of hydrogen-bond donors (Lipinski definition) is 9. The molecular weight excluding hydrogens is 1260 g/mol. The standard InChI is InChI=1S/C68H83N4O24/c1-13-67(95-40-22-36(87-11)57(79)26(5)91-40)52(63(85)43-29(65(67)93-38-20-34(77)55(71(7)8)24(3)89-38)19-28-42(43)60(82)45-31(74)16-15-30(73)44(45)59(28)81)53-64(86)49-48-50(62(84)47-33(76)18-17-32(75)46(47)61(48)83)54(70-69)51(49)66(94-39-21-35(78)56(72(9)10)25(4)90-39)68(53,14-2)96-41-23-37(88-12)58(80)27(6)92-41/h15-19,24-27,34-41,52-58,65-66,77-85H,13-14,20-23H2,1-12H3/q-1/t24-,25-,26+,27+,34-,35-,36+,37+,38+,39+,40+,41+,52-,53-,54?,55-,56-,57+,58+,65+,66+,67-,68-/m0/s1. The van der Waals surface area contributed by atoms with E-state index >= 15 is 4.79 Å². The van der Waals surface area contributed by atoms with E-state index in [0.29, 0.717) is 0 Å². The van der Waals surface area contributed by atoms with E-state index in [4.69, 9.17) is 47.4 Å². The van der Waals surface area contributed by atoms with Crippen LogP contribution in [0.15, 0.2) is 46.3 Å². The first-order chi connectivity index (χ1) is 45.5. The molecule has 4 heterocycles. The van der Waals surface area contributed by atoms with Crippen LogP contribution in [0.25, 0.3) is 22.8 Å². The number of likely N-dealkylation sites (N-methyl/N-ethyl adjacent to an activating group) is 2. The second kappa shape index (κ2) is 25.6. The SMILES string of the molecule is CC[C@@]1(O[C@@H]2C[C@@H](OC)[C@H](O)[C@@H](C)O2)[C@H](O[C@@H]2C[C@H](O)[C@@H](N(C)C)[C@H](C)O2)C2=C(C(=O)[C@@H]1[C@H]1C(O)=C3C(=Cc4c(O)c5c(c(O)c43)C(=O)C=CC5=O)[C@@H](O[C@@H]3C[C@H](O)[C@@H](N(C)C)[C@H](C)O3)[C@@]1(CC)O[C@@H]1C[C@@H](OC)[C@H](O)[C@@H](C)O1)c1c(O)c3c(c(O)c1C2N=[N-])C(=O)C=CC3=O. The zero-order chi connectivity index (χ0) is 69.5. The van der Waals surface area contributed by atoms with Gasteiger partial charge in [-0.3, -0.25) is 24.0 Å². The predicted octanol–water partition coefficient (Wildman–Crippen LogP) is 4.38. The molecule has 2 aromatic rings. The van der Waals surface area contributed by atoms with E-state index in [0.717, 1.165) is 24.3 Å². The number of carbonyl (C=O) groups is 5. The lowest BCUT2D eigenvalue weighted by molar-refractivity contribution is -0.347. The molecule has 520 valence electrons. The van der Waals surface area contributed by atoms with Crippen molar-refractivity contribution in [2.24, 2.45) is 17.0 Å². The molecule has 9 N–H and O–H groups in total. The lowest BCUT2D eigenvalue weighted by atomic mass is 9.55. The molecule has 4 fully saturated rings. The highest BCUT2D eigenvalue weighted by atomic mass is 16.7. The largest absolute Gasteiger partial charge is 0.711 e. The number of benzene rings is 2. The number of allylic oxidation sites excluding steroid dienone is 5. The first kappa shape index (κ1) is 69.4. The fourth-order valence-electron chi connectivity index (χ4n) is 17.2. The maximum Gasteiger partial charge on any atom is 0.190 e. The predicted molar refractivity (Wildman–Crippen MR) is 334 cm³/mol. The van der Waals surface area contributed by atoms with E-state index in [1.807, 2.05) is 0 Å². The van der Waals surface area contributed by atoms with Gasteiger partial charge < -0.3 is 114 Å². The minimum absolute atomic E-state index is 0.112. The van der Waals surface area contributed by atoms with E-state index in [-0.39, 0.29) is 54.4 Å². The number of aliphatic hydroxyl groups excluding tert-OH is 5. The van der Waals surface area contributed by atoms with Gasteiger partial charge in [0, 0.05) is 78.9 Å². The van der Waals surface area contributed by atoms with Crippen LogP contribution in [-0.2, 0) is 52.2 Å². The Hall–Kier alpha value is -6.55. The van der Waals surface area contributed by atoms with Crippen molar-refractivity contribution in [3.63, 3.8) is 0 Å². The summed E-state index contributed by atoms with van der Waals surface area (Å²) in [6, 6.07) is -3.24. The summed E-state index contributed by atoms with van der Waals surface area (Å²) < 4.78 is 68.0. The number of aromatic hydroxyl groups is 4. The highest BCUT2D eigenvalue weighted by Crippen LogP contribution is 2.67. The maximum absolute atomic E-state index is 17.8. The third kappa shape index (κ3) is 10.5. The summed E-state index contributed by atoms with van der Waals surface area (Å²) >= 11 is 0. The van der Waals surface area contributed by atoms with Crippen molar-refractivity contribution in [3.8, 4) is 23.0 Å². The monoisotopic (exact) mass is 1340 g/mol. The van der Waals surface area contributed by atoms with Gasteiger partial charge >= 0.3 is 0 Å². The topological polar surface area (TPSA) is 401 Å². The van der Waals surface area contributed by atoms with Crippen molar-refractivity contribution in [2.45, 2.75) is 208 Å². The van der Waals surface area contributed by atoms with Crippen LogP contribution in [0.4, 0.5) is 0 Å². The highest BCUT2D eigenvalue weighted by Gasteiger charge is 2.71. The molecular formula is C68H83N4O24-. The van der Waals surface area contributed by atoms with Gasteiger partial charge in [0.05, 0.1) is 101 Å². The first-order valence-corrected chi connectivity index (χ1v) is 32.4. The van der Waals surface area contributed by atoms with Crippen molar-refractivity contribution in [1.82, 2.24) is 9.80 Å². The van der Waals surface area contributed by atoms with Crippen LogP contribution in [0.1, 0.15) is 150 Å². The summed E-state index contributed by atoms with van der Waals surface area (Å²) in [4.78, 5) is 77.4. The summed E-state index contributed by atoms with van der Waals surface area (Å²) in [6.45, 7) is 9.69. The molecule has 96 heavy (non-hydrogen) atoms. The van der Waals surface area contributed by atoms with Gasteiger partial charge in [0.2, 0.25) is 0 Å². The van der Waals surface area contributed by atoms with E-state index < -0.39 is 248 Å². The number of carbonyl (C=O) groups excluding carboxylic acids is 5. The lowest BCUT2D eigenvalue weighted by Gasteiger charge is -2.59. The normalized spacial score (nSPS) is 38.8. The first-order valence-electron chi connectivity index (χ1n) is 32.4. The van der Waals surface area contributed by atoms with Crippen LogP contribution in [0.5, 0.6) is 23.0 Å². The number of phenols is 4. The minimum Gasteiger partial charge on any atom is -0.711 e. The molecule has 28 nitrogen and oxygen atoms in total. The quantitative estimate of drug-likeness (QED) is 0.0831. The molecule has 0 spiro atoms. The van der Waals surface area contributed by atoms with Crippen LogP contribution < -0.4 is 0 Å². The van der Waals surface area contributed by atoms with Crippen LogP contribution in [0.2, 0.25) is 0 Å². The molecule has 0 aromatic heterocycles. The number of rotatable bonds is 16. The zero-order valence-corrected chi connectivity index (χ0v) is 55.2. The summed E-state index contributed by atoms with van der Waals surface area (Å²) in [5, 5.41) is 116. The van der Waals surface area contributed by atoms with E-state index in [2.05, 4.69) is 5.11 Å². The molecule has 0 saturated carbocycles. The summed E-state index contributed by atoms with van der Waals surface area (Å²) in [5.41, 5.74) is 0.699. The Morgan fingerprint density at radius 1 is 0.542 bits per heavy atom. The van der Waals surface area contributed by atoms with Gasteiger partial charge in [0.15, 0.2) is 54.1 Å². The Labute approximate surface area is 552 Å². The Kier molecular flexibility index (Phi) is 18.5. The van der Waals surface area contributed by atoms with Crippen molar-refractivity contribution in [2.75, 3.05) is 42.4 Å². The molecule has 10 aliphatic rings. The van der Waals surface area contributed by atoms with E-state index in [1.54, 1.807) is 79.5 Å². The smallest absolute Gasteiger partial charge is 0.190 e. The lowest BCUT2D eigenvalue weighted by Crippen LogP contribution is -2.70. The second-order valence-electron chi connectivity index (χ2n) is 27.1. The highest BCUT2D eigenvalue weighted by molar-refractivity contribution is 6.31. The number of methoxy groups -OCH3 is 2. The fourth-order valence-corrected chi connectivity index (χ4v) is 17.2. The zero-order valence-electron chi connectivity index (χ0n) is 55.2.